The van der Waals surface area contributed by atoms with Crippen molar-refractivity contribution in [3.63, 3.8) is 0 Å². The predicted molar refractivity (Wildman–Crippen MR) is 90.8 cm³/mol. The van der Waals surface area contributed by atoms with Crippen LogP contribution in [-0.4, -0.2) is 37.7 Å². The Morgan fingerprint density at radius 1 is 1.40 bits per heavy atom. The number of carbonyl (C=O) groups excluding carboxylic acids is 1. The molecule has 0 aromatic carbocycles. The standard InChI is InChI=1S/C16H16N6O2S/c23-16(13-4-3-12(25-13)11-2-1-7-24-11)19-9-14-20-15(22-21-14)10-8-17-5-6-18-10/h3-6,8,11H,1-2,7,9H2,(H,19,23)(H,20,21,22). The topological polar surface area (TPSA) is 106 Å². The number of nitrogens with zero attached hydrogens (tertiary/aromatic N) is 4. The van der Waals surface area contributed by atoms with E-state index in [0.717, 1.165) is 24.3 Å². The molecule has 1 aliphatic heterocycles. The fraction of sp³-hybridized carbons (Fsp3) is 0.312. The highest BCUT2D eigenvalue weighted by molar-refractivity contribution is 7.14. The van der Waals surface area contributed by atoms with E-state index >= 15 is 0 Å². The number of aromatic amines is 1. The van der Waals surface area contributed by atoms with Gasteiger partial charge in [0, 0.05) is 23.9 Å². The van der Waals surface area contributed by atoms with Crippen molar-refractivity contribution in [2.24, 2.45) is 0 Å². The zero-order chi connectivity index (χ0) is 17.1. The summed E-state index contributed by atoms with van der Waals surface area (Å²) in [4.78, 5) is 26.5. The van der Waals surface area contributed by atoms with Crippen molar-refractivity contribution in [1.29, 1.82) is 0 Å². The van der Waals surface area contributed by atoms with Gasteiger partial charge in [-0.3, -0.25) is 14.9 Å². The number of thiophene rings is 1. The van der Waals surface area contributed by atoms with Crippen LogP contribution in [-0.2, 0) is 11.3 Å². The van der Waals surface area contributed by atoms with Gasteiger partial charge in [0.2, 0.25) is 5.82 Å². The number of rotatable bonds is 5. The van der Waals surface area contributed by atoms with Gasteiger partial charge in [-0.15, -0.1) is 11.3 Å². The number of amides is 1. The highest BCUT2D eigenvalue weighted by Gasteiger charge is 2.21. The molecule has 0 aliphatic carbocycles. The molecule has 0 spiro atoms. The van der Waals surface area contributed by atoms with Gasteiger partial charge in [0.1, 0.15) is 11.5 Å². The second-order valence-corrected chi connectivity index (χ2v) is 6.70. The highest BCUT2D eigenvalue weighted by Crippen LogP contribution is 2.33. The number of hydrogen-bond donors (Lipinski definition) is 2. The Hall–Kier alpha value is -2.65. The van der Waals surface area contributed by atoms with Gasteiger partial charge in [-0.2, -0.15) is 5.10 Å². The van der Waals surface area contributed by atoms with Crippen molar-refractivity contribution in [1.82, 2.24) is 30.5 Å². The number of carbonyl (C=O) groups is 1. The van der Waals surface area contributed by atoms with Gasteiger partial charge in [0.25, 0.3) is 5.91 Å². The molecule has 128 valence electrons. The second-order valence-electron chi connectivity index (χ2n) is 5.58. The minimum atomic E-state index is -0.133. The molecule has 0 bridgehead atoms. The van der Waals surface area contributed by atoms with Gasteiger partial charge in [-0.05, 0) is 25.0 Å². The molecule has 1 amide bonds. The lowest BCUT2D eigenvalue weighted by Gasteiger charge is -2.05. The molecule has 3 aromatic rings. The Morgan fingerprint density at radius 2 is 2.36 bits per heavy atom. The van der Waals surface area contributed by atoms with Gasteiger partial charge in [-0.25, -0.2) is 9.97 Å². The quantitative estimate of drug-likeness (QED) is 0.725. The molecule has 0 saturated carbocycles. The third-order valence-electron chi connectivity index (χ3n) is 3.84. The molecule has 1 aliphatic rings. The van der Waals surface area contributed by atoms with E-state index in [-0.39, 0.29) is 18.6 Å². The molecular weight excluding hydrogens is 340 g/mol. The molecule has 25 heavy (non-hydrogen) atoms. The van der Waals surface area contributed by atoms with E-state index in [1.54, 1.807) is 18.6 Å². The van der Waals surface area contributed by atoms with Crippen molar-refractivity contribution < 1.29 is 9.53 Å². The predicted octanol–water partition coefficient (Wildman–Crippen LogP) is 2.10. The maximum Gasteiger partial charge on any atom is 0.261 e. The molecule has 4 heterocycles. The van der Waals surface area contributed by atoms with Crippen LogP contribution in [0.4, 0.5) is 0 Å². The van der Waals surface area contributed by atoms with Crippen LogP contribution >= 0.6 is 11.3 Å². The number of ether oxygens (including phenoxy) is 1. The lowest BCUT2D eigenvalue weighted by atomic mass is 10.2. The van der Waals surface area contributed by atoms with Crippen LogP contribution in [0.25, 0.3) is 11.5 Å². The van der Waals surface area contributed by atoms with E-state index in [0.29, 0.717) is 22.2 Å². The maximum atomic E-state index is 12.3. The van der Waals surface area contributed by atoms with Crippen molar-refractivity contribution in [2.45, 2.75) is 25.5 Å². The molecule has 1 fully saturated rings. The van der Waals surface area contributed by atoms with Crippen molar-refractivity contribution in [3.05, 3.63) is 46.3 Å². The Bertz CT molecular complexity index is 856. The molecule has 1 atom stereocenters. The molecular formula is C16H16N6O2S. The van der Waals surface area contributed by atoms with E-state index in [2.05, 4.69) is 30.5 Å². The van der Waals surface area contributed by atoms with E-state index in [1.165, 1.54) is 11.3 Å². The number of H-pyrrole nitrogens is 1. The average Bonchev–Trinajstić information content (AvgIpc) is 3.41. The molecule has 9 heteroatoms. The van der Waals surface area contributed by atoms with Crippen molar-refractivity contribution in [3.8, 4) is 11.5 Å². The van der Waals surface area contributed by atoms with Crippen LogP contribution in [0.3, 0.4) is 0 Å². The zero-order valence-electron chi connectivity index (χ0n) is 13.3. The SMILES string of the molecule is O=C(NCc1nc(-c2cnccn2)n[nH]1)c1ccc(C2CCCO2)s1. The Morgan fingerprint density at radius 3 is 3.16 bits per heavy atom. The highest BCUT2D eigenvalue weighted by atomic mass is 32.1. The van der Waals surface area contributed by atoms with Crippen LogP contribution in [0.5, 0.6) is 0 Å². The van der Waals surface area contributed by atoms with E-state index < -0.39 is 0 Å². The van der Waals surface area contributed by atoms with Crippen LogP contribution in [0.2, 0.25) is 0 Å². The first-order chi connectivity index (χ1) is 12.3. The molecule has 1 saturated heterocycles. The first-order valence-electron chi connectivity index (χ1n) is 7.97. The lowest BCUT2D eigenvalue weighted by molar-refractivity contribution is 0.0954. The normalized spacial score (nSPS) is 16.9. The van der Waals surface area contributed by atoms with Crippen LogP contribution in [0.1, 0.15) is 39.3 Å². The summed E-state index contributed by atoms with van der Waals surface area (Å²) in [6.07, 6.45) is 6.98. The summed E-state index contributed by atoms with van der Waals surface area (Å²) in [6.45, 7) is 1.06. The van der Waals surface area contributed by atoms with Gasteiger partial charge >= 0.3 is 0 Å². The van der Waals surface area contributed by atoms with Gasteiger partial charge in [0.05, 0.1) is 23.7 Å². The minimum absolute atomic E-state index is 0.133. The smallest absolute Gasteiger partial charge is 0.261 e. The van der Waals surface area contributed by atoms with E-state index in [1.807, 2.05) is 12.1 Å². The summed E-state index contributed by atoms with van der Waals surface area (Å²) in [7, 11) is 0. The van der Waals surface area contributed by atoms with E-state index in [9.17, 15) is 4.79 Å². The average molecular weight is 356 g/mol. The third kappa shape index (κ3) is 3.57. The molecule has 8 nitrogen and oxygen atoms in total. The molecule has 0 radical (unpaired) electrons. The van der Waals surface area contributed by atoms with Gasteiger partial charge in [-0.1, -0.05) is 0 Å². The van der Waals surface area contributed by atoms with Crippen LogP contribution in [0, 0.1) is 0 Å². The Labute approximate surface area is 147 Å². The molecule has 3 aromatic heterocycles. The monoisotopic (exact) mass is 356 g/mol. The first kappa shape index (κ1) is 15.9. The van der Waals surface area contributed by atoms with Crippen LogP contribution in [0.15, 0.2) is 30.7 Å². The molecule has 2 N–H and O–H groups in total. The first-order valence-corrected chi connectivity index (χ1v) is 8.78. The van der Waals surface area contributed by atoms with Crippen LogP contribution < -0.4 is 5.32 Å². The second kappa shape index (κ2) is 7.08. The summed E-state index contributed by atoms with van der Waals surface area (Å²) < 4.78 is 5.65. The summed E-state index contributed by atoms with van der Waals surface area (Å²) in [5, 5.41) is 9.74. The van der Waals surface area contributed by atoms with Gasteiger partial charge in [0.15, 0.2) is 0 Å². The zero-order valence-corrected chi connectivity index (χ0v) is 14.1. The fourth-order valence-corrected chi connectivity index (χ4v) is 3.61. The number of aromatic nitrogens is 5. The third-order valence-corrected chi connectivity index (χ3v) is 5.01. The number of nitrogens with one attached hydrogen (secondary N) is 2. The summed E-state index contributed by atoms with van der Waals surface area (Å²) in [5.41, 5.74) is 0.579. The van der Waals surface area contributed by atoms with Crippen molar-refractivity contribution in [2.75, 3.05) is 6.61 Å². The summed E-state index contributed by atoms with van der Waals surface area (Å²) >= 11 is 1.47. The Balaban J connectivity index is 1.37. The minimum Gasteiger partial charge on any atom is -0.373 e. The largest absolute Gasteiger partial charge is 0.373 e. The molecule has 1 unspecified atom stereocenters. The Kier molecular flexibility index (Phi) is 4.49. The number of hydrogen-bond acceptors (Lipinski definition) is 7. The summed E-state index contributed by atoms with van der Waals surface area (Å²) in [6, 6.07) is 3.80. The molecule has 4 rings (SSSR count). The van der Waals surface area contributed by atoms with Gasteiger partial charge < -0.3 is 10.1 Å². The maximum absolute atomic E-state index is 12.3. The summed E-state index contributed by atoms with van der Waals surface area (Å²) in [5.74, 6) is 0.880. The van der Waals surface area contributed by atoms with Crippen molar-refractivity contribution >= 4 is 17.2 Å². The lowest BCUT2D eigenvalue weighted by Crippen LogP contribution is -2.22. The van der Waals surface area contributed by atoms with E-state index in [4.69, 9.17) is 4.74 Å². The fourth-order valence-electron chi connectivity index (χ4n) is 2.60.